The second-order valence-electron chi connectivity index (χ2n) is 9.15. The van der Waals surface area contributed by atoms with Gasteiger partial charge in [-0.05, 0) is 78.6 Å². The fourth-order valence-electron chi connectivity index (χ4n) is 4.22. The normalized spacial score (nSPS) is 17.0. The van der Waals surface area contributed by atoms with E-state index in [0.29, 0.717) is 40.8 Å². The smallest absolute Gasteiger partial charge is 0.300 e. The van der Waals surface area contributed by atoms with Crippen molar-refractivity contribution in [1.29, 1.82) is 0 Å². The number of carbonyl (C=O) groups is 2. The van der Waals surface area contributed by atoms with Gasteiger partial charge >= 0.3 is 0 Å². The number of nitrogens with zero attached hydrogens (tertiary/aromatic N) is 1. The summed E-state index contributed by atoms with van der Waals surface area (Å²) < 4.78 is 11.0. The fraction of sp³-hybridized carbons (Fsp3) is 0.241. The molecule has 1 saturated heterocycles. The number of ketones is 1. The van der Waals surface area contributed by atoms with Gasteiger partial charge in [0, 0.05) is 11.3 Å². The number of aromatic hydroxyl groups is 1. The van der Waals surface area contributed by atoms with Crippen LogP contribution in [-0.4, -0.2) is 35.6 Å². The highest BCUT2D eigenvalue weighted by Crippen LogP contribution is 2.43. The van der Waals surface area contributed by atoms with Gasteiger partial charge in [0.05, 0.1) is 25.3 Å². The maximum Gasteiger partial charge on any atom is 0.300 e. The van der Waals surface area contributed by atoms with E-state index in [9.17, 15) is 19.8 Å². The molecule has 0 bridgehead atoms. The van der Waals surface area contributed by atoms with Gasteiger partial charge in [0.25, 0.3) is 11.7 Å². The highest BCUT2D eigenvalue weighted by atomic mass is 16.5. The molecule has 1 aliphatic rings. The van der Waals surface area contributed by atoms with Crippen LogP contribution in [0.5, 0.6) is 17.2 Å². The third-order valence-corrected chi connectivity index (χ3v) is 6.00. The van der Waals surface area contributed by atoms with Crippen LogP contribution in [0.1, 0.15) is 36.6 Å². The van der Waals surface area contributed by atoms with Crippen molar-refractivity contribution in [3.63, 3.8) is 0 Å². The number of anilines is 1. The average molecular weight is 488 g/mol. The molecule has 1 aliphatic heterocycles. The molecule has 7 heteroatoms. The number of phenolic OH excluding ortho intramolecular Hbond substituents is 1. The Labute approximate surface area is 210 Å². The Morgan fingerprint density at radius 2 is 1.75 bits per heavy atom. The van der Waals surface area contributed by atoms with Crippen LogP contribution in [0.2, 0.25) is 0 Å². The molecule has 3 aromatic carbocycles. The van der Waals surface area contributed by atoms with E-state index in [2.05, 4.69) is 13.8 Å². The first-order chi connectivity index (χ1) is 17.2. The number of phenols is 1. The molecule has 0 saturated carbocycles. The predicted molar refractivity (Wildman–Crippen MR) is 137 cm³/mol. The molecule has 1 unspecified atom stereocenters. The third-order valence-electron chi connectivity index (χ3n) is 6.00. The lowest BCUT2D eigenvalue weighted by atomic mass is 9.94. The lowest BCUT2D eigenvalue weighted by molar-refractivity contribution is -0.132. The number of hydrogen-bond donors (Lipinski definition) is 2. The first-order valence-corrected chi connectivity index (χ1v) is 11.7. The number of methoxy groups -OCH3 is 1. The number of carbonyl (C=O) groups excluding carboxylic acids is 2. The van der Waals surface area contributed by atoms with Crippen LogP contribution in [0, 0.1) is 12.8 Å². The average Bonchev–Trinajstić information content (AvgIpc) is 3.13. The van der Waals surface area contributed by atoms with Crippen molar-refractivity contribution < 1.29 is 29.3 Å². The summed E-state index contributed by atoms with van der Waals surface area (Å²) in [6.07, 6.45) is 0. The molecule has 186 valence electrons. The predicted octanol–water partition coefficient (Wildman–Crippen LogP) is 5.37. The highest BCUT2D eigenvalue weighted by molar-refractivity contribution is 6.51. The van der Waals surface area contributed by atoms with Gasteiger partial charge in [-0.25, -0.2) is 0 Å². The quantitative estimate of drug-likeness (QED) is 0.264. The van der Waals surface area contributed by atoms with Crippen LogP contribution in [0.3, 0.4) is 0 Å². The Morgan fingerprint density at radius 1 is 1.03 bits per heavy atom. The molecule has 1 atom stereocenters. The van der Waals surface area contributed by atoms with E-state index < -0.39 is 17.7 Å². The molecule has 1 fully saturated rings. The van der Waals surface area contributed by atoms with Gasteiger partial charge in [-0.15, -0.1) is 0 Å². The SMILES string of the molecule is COc1ccc(N2C(=O)C(=O)/C(=C(\O)c3ccc(OCC(C)C)c(C)c3)C2c2cccc(O)c2)cc1. The van der Waals surface area contributed by atoms with E-state index in [1.165, 1.54) is 24.1 Å². The lowest BCUT2D eigenvalue weighted by Gasteiger charge is -2.25. The summed E-state index contributed by atoms with van der Waals surface area (Å²) in [6.45, 7) is 6.52. The van der Waals surface area contributed by atoms with Gasteiger partial charge < -0.3 is 19.7 Å². The molecule has 36 heavy (non-hydrogen) atoms. The molecule has 4 rings (SSSR count). The molecule has 0 radical (unpaired) electrons. The zero-order valence-corrected chi connectivity index (χ0v) is 20.7. The Bertz CT molecular complexity index is 1330. The second kappa shape index (κ2) is 10.2. The van der Waals surface area contributed by atoms with Gasteiger partial charge in [0.1, 0.15) is 23.0 Å². The lowest BCUT2D eigenvalue weighted by Crippen LogP contribution is -2.29. The minimum absolute atomic E-state index is 0.0182. The van der Waals surface area contributed by atoms with Gasteiger partial charge in [0.2, 0.25) is 0 Å². The molecule has 3 aromatic rings. The molecule has 7 nitrogen and oxygen atoms in total. The number of ether oxygens (including phenoxy) is 2. The molecular formula is C29H29NO6. The van der Waals surface area contributed by atoms with Crippen molar-refractivity contribution in [2.45, 2.75) is 26.8 Å². The van der Waals surface area contributed by atoms with Crippen LogP contribution in [0.4, 0.5) is 5.69 Å². The van der Waals surface area contributed by atoms with Crippen molar-refractivity contribution in [1.82, 2.24) is 0 Å². The van der Waals surface area contributed by atoms with Crippen LogP contribution in [-0.2, 0) is 9.59 Å². The molecule has 1 amide bonds. The number of benzene rings is 3. The van der Waals surface area contributed by atoms with E-state index in [1.54, 1.807) is 54.6 Å². The number of aliphatic hydroxyl groups is 1. The molecule has 0 spiro atoms. The molecule has 2 N–H and O–H groups in total. The molecular weight excluding hydrogens is 458 g/mol. The summed E-state index contributed by atoms with van der Waals surface area (Å²) in [5.41, 5.74) is 2.07. The summed E-state index contributed by atoms with van der Waals surface area (Å²) >= 11 is 0. The number of rotatable bonds is 7. The van der Waals surface area contributed by atoms with Crippen LogP contribution in [0.15, 0.2) is 72.3 Å². The third kappa shape index (κ3) is 4.77. The summed E-state index contributed by atoms with van der Waals surface area (Å²) in [6, 6.07) is 17.2. The van der Waals surface area contributed by atoms with Crippen molar-refractivity contribution >= 4 is 23.1 Å². The number of aliphatic hydroxyl groups excluding tert-OH is 1. The van der Waals surface area contributed by atoms with Gasteiger partial charge in [-0.2, -0.15) is 0 Å². The van der Waals surface area contributed by atoms with Crippen molar-refractivity contribution in [3.05, 3.63) is 89.0 Å². The Balaban J connectivity index is 1.84. The number of Topliss-reactive ketones (excluding diaryl/α,β-unsaturated/α-hetero) is 1. The van der Waals surface area contributed by atoms with E-state index in [4.69, 9.17) is 9.47 Å². The van der Waals surface area contributed by atoms with Crippen LogP contribution < -0.4 is 14.4 Å². The van der Waals surface area contributed by atoms with E-state index in [1.807, 2.05) is 6.92 Å². The maximum absolute atomic E-state index is 13.3. The highest BCUT2D eigenvalue weighted by Gasteiger charge is 2.47. The van der Waals surface area contributed by atoms with Gasteiger partial charge in [-0.1, -0.05) is 26.0 Å². The Morgan fingerprint density at radius 3 is 2.36 bits per heavy atom. The molecule has 0 aromatic heterocycles. The monoisotopic (exact) mass is 487 g/mol. The maximum atomic E-state index is 13.3. The summed E-state index contributed by atoms with van der Waals surface area (Å²) in [4.78, 5) is 27.9. The molecule has 0 aliphatic carbocycles. The topological polar surface area (TPSA) is 96.3 Å². The van der Waals surface area contributed by atoms with Gasteiger partial charge in [0.15, 0.2) is 0 Å². The van der Waals surface area contributed by atoms with E-state index in [-0.39, 0.29) is 17.1 Å². The van der Waals surface area contributed by atoms with Crippen molar-refractivity contribution in [2.24, 2.45) is 5.92 Å². The van der Waals surface area contributed by atoms with Gasteiger partial charge in [-0.3, -0.25) is 14.5 Å². The largest absolute Gasteiger partial charge is 0.508 e. The van der Waals surface area contributed by atoms with E-state index in [0.717, 1.165) is 5.56 Å². The standard InChI is InChI=1S/C29H29NO6/c1-17(2)16-36-24-13-8-20(14-18(24)3)27(32)25-26(19-6-5-7-22(31)15-19)30(29(34)28(25)33)21-9-11-23(35-4)12-10-21/h5-15,17,26,31-32H,16H2,1-4H3/b27-25-. The minimum atomic E-state index is -0.942. The van der Waals surface area contributed by atoms with Crippen LogP contribution >= 0.6 is 0 Å². The Kier molecular flexibility index (Phi) is 7.01. The number of aryl methyl sites for hydroxylation is 1. The fourth-order valence-corrected chi connectivity index (χ4v) is 4.22. The van der Waals surface area contributed by atoms with Crippen molar-refractivity contribution in [2.75, 3.05) is 18.6 Å². The van der Waals surface area contributed by atoms with E-state index >= 15 is 0 Å². The zero-order chi connectivity index (χ0) is 26.0. The first-order valence-electron chi connectivity index (χ1n) is 11.7. The zero-order valence-electron chi connectivity index (χ0n) is 20.7. The van der Waals surface area contributed by atoms with Crippen molar-refractivity contribution in [3.8, 4) is 17.2 Å². The second-order valence-corrected chi connectivity index (χ2v) is 9.15. The van der Waals surface area contributed by atoms with Crippen LogP contribution in [0.25, 0.3) is 5.76 Å². The molecule has 1 heterocycles. The summed E-state index contributed by atoms with van der Waals surface area (Å²) in [5, 5.41) is 21.5. The minimum Gasteiger partial charge on any atom is -0.508 e. The first kappa shape index (κ1) is 24.9. The summed E-state index contributed by atoms with van der Waals surface area (Å²) in [7, 11) is 1.54. The number of amides is 1. The number of hydrogen-bond acceptors (Lipinski definition) is 6. The summed E-state index contributed by atoms with van der Waals surface area (Å²) in [5.74, 6) is -0.263. The Hall–Kier alpha value is -4.26.